The zero-order valence-corrected chi connectivity index (χ0v) is 8.70. The summed E-state index contributed by atoms with van der Waals surface area (Å²) in [7, 11) is 0. The Morgan fingerprint density at radius 2 is 2.00 bits per heavy atom. The second-order valence-corrected chi connectivity index (χ2v) is 3.33. The zero-order valence-electron chi connectivity index (χ0n) is 8.70. The summed E-state index contributed by atoms with van der Waals surface area (Å²) in [6.45, 7) is 0. The molecule has 0 saturated heterocycles. The van der Waals surface area contributed by atoms with Gasteiger partial charge in [0.25, 0.3) is 5.69 Å². The molecular weight excluding hydrogens is 218 g/mol. The summed E-state index contributed by atoms with van der Waals surface area (Å²) in [4.78, 5) is 14.4. The highest BCUT2D eigenvalue weighted by Gasteiger charge is 2.17. The third-order valence-corrected chi connectivity index (χ3v) is 2.24. The minimum atomic E-state index is -0.532. The van der Waals surface area contributed by atoms with E-state index in [0.717, 1.165) is 0 Å². The molecule has 17 heavy (non-hydrogen) atoms. The van der Waals surface area contributed by atoms with E-state index in [1.807, 2.05) is 12.1 Å². The van der Waals surface area contributed by atoms with Crippen LogP contribution in [-0.2, 0) is 0 Å². The van der Waals surface area contributed by atoms with Crippen LogP contribution in [0.2, 0.25) is 0 Å². The Morgan fingerprint density at radius 1 is 1.29 bits per heavy atom. The summed E-state index contributed by atoms with van der Waals surface area (Å²) in [5, 5.41) is 19.6. The maximum Gasteiger partial charge on any atom is 0.296 e. The van der Waals surface area contributed by atoms with Crippen LogP contribution in [0, 0.1) is 21.4 Å². The number of pyridine rings is 1. The number of aromatic nitrogens is 1. The van der Waals surface area contributed by atoms with Crippen LogP contribution in [0.25, 0.3) is 11.3 Å². The maximum absolute atomic E-state index is 10.9. The fourth-order valence-corrected chi connectivity index (χ4v) is 1.47. The van der Waals surface area contributed by atoms with Crippen LogP contribution in [0.5, 0.6) is 0 Å². The van der Waals surface area contributed by atoms with Gasteiger partial charge in [0.2, 0.25) is 0 Å². The lowest BCUT2D eigenvalue weighted by Crippen LogP contribution is -1.95. The average Bonchev–Trinajstić information content (AvgIpc) is 2.39. The normalized spacial score (nSPS) is 9.59. The van der Waals surface area contributed by atoms with Gasteiger partial charge < -0.3 is 0 Å². The summed E-state index contributed by atoms with van der Waals surface area (Å²) in [6.07, 6.45) is 1.33. The maximum atomic E-state index is 10.9. The number of hydrogen-bond donors (Lipinski definition) is 0. The molecule has 5 heteroatoms. The Morgan fingerprint density at radius 3 is 2.59 bits per heavy atom. The second-order valence-electron chi connectivity index (χ2n) is 3.33. The van der Waals surface area contributed by atoms with Crippen molar-refractivity contribution >= 4 is 5.69 Å². The lowest BCUT2D eigenvalue weighted by atomic mass is 10.1. The zero-order chi connectivity index (χ0) is 12.3. The third kappa shape index (κ3) is 2.11. The van der Waals surface area contributed by atoms with Gasteiger partial charge in [-0.05, 0) is 0 Å². The van der Waals surface area contributed by atoms with E-state index >= 15 is 0 Å². The van der Waals surface area contributed by atoms with Gasteiger partial charge in [-0.15, -0.1) is 0 Å². The van der Waals surface area contributed by atoms with Gasteiger partial charge in [-0.25, -0.2) is 4.98 Å². The Kier molecular flexibility index (Phi) is 2.79. The number of nitrogens with zero attached hydrogens (tertiary/aromatic N) is 3. The first kappa shape index (κ1) is 10.8. The molecule has 0 fully saturated rings. The van der Waals surface area contributed by atoms with Crippen molar-refractivity contribution in [2.24, 2.45) is 0 Å². The molecule has 82 valence electrons. The molecule has 2 aromatic rings. The van der Waals surface area contributed by atoms with Crippen molar-refractivity contribution in [2.45, 2.75) is 0 Å². The summed E-state index contributed by atoms with van der Waals surface area (Å²) in [5.41, 5.74) is 0.949. The first-order valence-electron chi connectivity index (χ1n) is 4.82. The van der Waals surface area contributed by atoms with Gasteiger partial charge in [0.1, 0.15) is 11.8 Å². The first-order valence-corrected chi connectivity index (χ1v) is 4.82. The molecule has 0 bridgehead atoms. The molecule has 0 aliphatic heterocycles. The van der Waals surface area contributed by atoms with E-state index in [0.29, 0.717) is 5.56 Å². The molecule has 0 aliphatic carbocycles. The van der Waals surface area contributed by atoms with Crippen molar-refractivity contribution in [3.05, 3.63) is 58.3 Å². The molecule has 2 rings (SSSR count). The largest absolute Gasteiger partial charge is 0.296 e. The van der Waals surface area contributed by atoms with Gasteiger partial charge in [-0.2, -0.15) is 5.26 Å². The van der Waals surface area contributed by atoms with Crippen LogP contribution < -0.4 is 0 Å². The molecule has 0 saturated carbocycles. The smallest absolute Gasteiger partial charge is 0.258 e. The van der Waals surface area contributed by atoms with Crippen LogP contribution in [0.3, 0.4) is 0 Å². The van der Waals surface area contributed by atoms with Crippen LogP contribution in [0.1, 0.15) is 5.56 Å². The topological polar surface area (TPSA) is 79.8 Å². The lowest BCUT2D eigenvalue weighted by Gasteiger charge is -2.01. The molecule has 0 aliphatic rings. The SMILES string of the molecule is N#Cc1cnc(-c2ccccc2)c([N+](=O)[O-])c1. The highest BCUT2D eigenvalue weighted by molar-refractivity contribution is 5.70. The van der Waals surface area contributed by atoms with Crippen molar-refractivity contribution in [3.8, 4) is 17.3 Å². The van der Waals surface area contributed by atoms with Gasteiger partial charge in [0.15, 0.2) is 0 Å². The number of hydrogen-bond acceptors (Lipinski definition) is 4. The molecule has 0 unspecified atom stereocenters. The first-order chi connectivity index (χ1) is 8.22. The van der Waals surface area contributed by atoms with E-state index in [2.05, 4.69) is 4.98 Å². The fraction of sp³-hybridized carbons (Fsp3) is 0. The van der Waals surface area contributed by atoms with E-state index < -0.39 is 4.92 Å². The van der Waals surface area contributed by atoms with E-state index in [4.69, 9.17) is 5.26 Å². The summed E-state index contributed by atoms with van der Waals surface area (Å²) < 4.78 is 0. The van der Waals surface area contributed by atoms with Crippen molar-refractivity contribution in [1.29, 1.82) is 5.26 Å². The predicted molar refractivity (Wildman–Crippen MR) is 61.0 cm³/mol. The van der Waals surface area contributed by atoms with Gasteiger partial charge in [0.05, 0.1) is 10.5 Å². The highest BCUT2D eigenvalue weighted by Crippen LogP contribution is 2.27. The molecule has 0 spiro atoms. The molecule has 1 aromatic heterocycles. The van der Waals surface area contributed by atoms with Crippen molar-refractivity contribution in [3.63, 3.8) is 0 Å². The number of rotatable bonds is 2. The third-order valence-electron chi connectivity index (χ3n) is 2.24. The molecule has 1 aromatic carbocycles. The van der Waals surface area contributed by atoms with Crippen LogP contribution in [-0.4, -0.2) is 9.91 Å². The van der Waals surface area contributed by atoms with Crippen LogP contribution >= 0.6 is 0 Å². The van der Waals surface area contributed by atoms with Gasteiger partial charge >= 0.3 is 0 Å². The molecule has 0 radical (unpaired) electrons. The molecule has 0 amide bonds. The standard InChI is InChI=1S/C12H7N3O2/c13-7-9-6-11(15(16)17)12(14-8-9)10-4-2-1-3-5-10/h1-6,8H. The molecular formula is C12H7N3O2. The Balaban J connectivity index is 2.63. The van der Waals surface area contributed by atoms with Gasteiger partial charge in [-0.3, -0.25) is 10.1 Å². The quantitative estimate of drug-likeness (QED) is 0.581. The number of nitriles is 1. The van der Waals surface area contributed by atoms with Crippen molar-refractivity contribution in [2.75, 3.05) is 0 Å². The second kappa shape index (κ2) is 4.41. The number of nitro groups is 1. The lowest BCUT2D eigenvalue weighted by molar-refractivity contribution is -0.384. The fourth-order valence-electron chi connectivity index (χ4n) is 1.47. The molecule has 0 N–H and O–H groups in total. The van der Waals surface area contributed by atoms with E-state index in [9.17, 15) is 10.1 Å². The van der Waals surface area contributed by atoms with Gasteiger partial charge in [-0.1, -0.05) is 30.3 Å². The van der Waals surface area contributed by atoms with E-state index in [1.165, 1.54) is 12.3 Å². The predicted octanol–water partition coefficient (Wildman–Crippen LogP) is 2.53. The van der Waals surface area contributed by atoms with Crippen molar-refractivity contribution in [1.82, 2.24) is 4.98 Å². The monoisotopic (exact) mass is 225 g/mol. The molecule has 5 nitrogen and oxygen atoms in total. The van der Waals surface area contributed by atoms with Crippen LogP contribution in [0.15, 0.2) is 42.6 Å². The van der Waals surface area contributed by atoms with E-state index in [-0.39, 0.29) is 16.9 Å². The Hall–Kier alpha value is -2.74. The minimum Gasteiger partial charge on any atom is -0.258 e. The Labute approximate surface area is 97.1 Å². The summed E-state index contributed by atoms with van der Waals surface area (Å²) in [6, 6.07) is 11.9. The van der Waals surface area contributed by atoms with E-state index in [1.54, 1.807) is 24.3 Å². The summed E-state index contributed by atoms with van der Waals surface area (Å²) in [5.74, 6) is 0. The molecule has 1 heterocycles. The Bertz CT molecular complexity index is 603. The molecule has 0 atom stereocenters. The minimum absolute atomic E-state index is 0.157. The summed E-state index contributed by atoms with van der Waals surface area (Å²) >= 11 is 0. The highest BCUT2D eigenvalue weighted by atomic mass is 16.6. The average molecular weight is 225 g/mol. The van der Waals surface area contributed by atoms with Crippen molar-refractivity contribution < 1.29 is 4.92 Å². The number of benzene rings is 1. The van der Waals surface area contributed by atoms with Gasteiger partial charge in [0, 0.05) is 17.8 Å². The van der Waals surface area contributed by atoms with Crippen LogP contribution in [0.4, 0.5) is 5.69 Å².